The smallest absolute Gasteiger partial charge is 0.159 e. The van der Waals surface area contributed by atoms with Crippen LogP contribution in [0, 0.1) is 5.92 Å². The molecular weight excluding hydrogens is 767 g/mol. The normalized spacial score (nSPS) is 18.8. The van der Waals surface area contributed by atoms with Gasteiger partial charge in [0.05, 0.1) is 12.2 Å². The van der Waals surface area contributed by atoms with E-state index in [1.165, 1.54) is 218 Å². The van der Waals surface area contributed by atoms with Gasteiger partial charge in [0.15, 0.2) is 6.29 Å². The zero-order chi connectivity index (χ0) is 45.4. The first kappa shape index (κ1) is 59.3. The zero-order valence-electron chi connectivity index (χ0n) is 43.1. The molecule has 3 heteroatoms. The Bertz CT molecular complexity index is 1100. The fraction of sp³-hybridized carbons (Fsp3) is 0.800. The maximum absolute atomic E-state index is 6.92. The van der Waals surface area contributed by atoms with E-state index in [-0.39, 0.29) is 6.29 Å². The van der Waals surface area contributed by atoms with Crippen LogP contribution in [0.1, 0.15) is 265 Å². The third-order valence-electron chi connectivity index (χ3n) is 13.0. The molecule has 0 aliphatic carbocycles. The first-order chi connectivity index (χ1) is 31.1. The molecule has 0 saturated carbocycles. The molecule has 0 aromatic rings. The quantitative estimate of drug-likeness (QED) is 0.0449. The van der Waals surface area contributed by atoms with Gasteiger partial charge in [-0.15, -0.1) is 0 Å². The van der Waals surface area contributed by atoms with E-state index in [9.17, 15) is 0 Å². The van der Waals surface area contributed by atoms with Crippen LogP contribution in [0.4, 0.5) is 0 Å². The van der Waals surface area contributed by atoms with Crippen molar-refractivity contribution in [2.45, 2.75) is 283 Å². The van der Waals surface area contributed by atoms with Gasteiger partial charge in [-0.2, -0.15) is 0 Å². The van der Waals surface area contributed by atoms with Crippen LogP contribution in [0.2, 0.25) is 0 Å². The van der Waals surface area contributed by atoms with Crippen LogP contribution in [0.3, 0.4) is 0 Å². The van der Waals surface area contributed by atoms with Crippen molar-refractivity contribution in [1.29, 1.82) is 0 Å². The first-order valence-electron chi connectivity index (χ1n) is 28.0. The summed E-state index contributed by atoms with van der Waals surface area (Å²) in [6, 6.07) is 0. The van der Waals surface area contributed by atoms with Gasteiger partial charge in [0.1, 0.15) is 0 Å². The molecule has 0 N–H and O–H groups in total. The van der Waals surface area contributed by atoms with E-state index in [0.717, 1.165) is 32.2 Å². The van der Waals surface area contributed by atoms with Crippen LogP contribution in [-0.2, 0) is 9.47 Å². The van der Waals surface area contributed by atoms with Crippen molar-refractivity contribution in [3.8, 4) is 0 Å². The Morgan fingerprint density at radius 3 is 0.921 bits per heavy atom. The summed E-state index contributed by atoms with van der Waals surface area (Å²) in [6.07, 6.45) is 77.9. The first-order valence-corrected chi connectivity index (χ1v) is 28.0. The molecule has 1 aliphatic heterocycles. The molecule has 0 bridgehead atoms. The molecule has 0 amide bonds. The van der Waals surface area contributed by atoms with Gasteiger partial charge in [-0.05, 0) is 130 Å². The Morgan fingerprint density at radius 1 is 0.317 bits per heavy atom. The van der Waals surface area contributed by atoms with Gasteiger partial charge in [0.25, 0.3) is 0 Å². The lowest BCUT2D eigenvalue weighted by Gasteiger charge is -2.43. The summed E-state index contributed by atoms with van der Waals surface area (Å²) in [5.74, 6) is 0.544. The molecule has 0 spiro atoms. The molecule has 0 aromatic heterocycles. The molecule has 1 saturated heterocycles. The van der Waals surface area contributed by atoms with Crippen molar-refractivity contribution >= 4 is 0 Å². The predicted octanol–water partition coefficient (Wildman–Crippen LogP) is 19.5. The average Bonchev–Trinajstić information content (AvgIpc) is 3.28. The van der Waals surface area contributed by atoms with Crippen LogP contribution in [0.25, 0.3) is 0 Å². The number of hydrogen-bond donors (Lipinski definition) is 0. The van der Waals surface area contributed by atoms with E-state index in [1.54, 1.807) is 0 Å². The Kier molecular flexibility index (Phi) is 45.5. The van der Waals surface area contributed by atoms with Crippen molar-refractivity contribution < 1.29 is 9.47 Å². The average molecular weight is 877 g/mol. The zero-order valence-corrected chi connectivity index (χ0v) is 43.1. The van der Waals surface area contributed by atoms with Gasteiger partial charge >= 0.3 is 0 Å². The molecule has 0 aromatic carbocycles. The largest absolute Gasteiger partial charge is 0.349 e. The number of rotatable bonds is 46. The third kappa shape index (κ3) is 40.3. The van der Waals surface area contributed by atoms with Gasteiger partial charge in [-0.1, -0.05) is 216 Å². The van der Waals surface area contributed by atoms with Gasteiger partial charge in [-0.3, -0.25) is 0 Å². The lowest BCUT2D eigenvalue weighted by molar-refractivity contribution is -0.274. The Hall–Kier alpha value is -1.68. The number of hydrogen-bond acceptors (Lipinski definition) is 3. The summed E-state index contributed by atoms with van der Waals surface area (Å²) in [6.45, 7) is 7.86. The van der Waals surface area contributed by atoms with Gasteiger partial charge in [0, 0.05) is 18.9 Å². The predicted molar refractivity (Wildman–Crippen MR) is 283 cm³/mol. The maximum Gasteiger partial charge on any atom is 0.159 e. The minimum Gasteiger partial charge on any atom is -0.349 e. The summed E-state index contributed by atoms with van der Waals surface area (Å²) in [5, 5.41) is 0. The fourth-order valence-electron chi connectivity index (χ4n) is 8.98. The van der Waals surface area contributed by atoms with E-state index in [0.29, 0.717) is 18.1 Å². The summed E-state index contributed by atoms with van der Waals surface area (Å²) in [7, 11) is 4.36. The second kappa shape index (κ2) is 48.3. The highest BCUT2D eigenvalue weighted by atomic mass is 16.7. The van der Waals surface area contributed by atoms with E-state index >= 15 is 0 Å². The SMILES string of the molecule is CCCCC/C=C\C/C=C\CCCCCCCCC1OC(CCN(C)C)OC(CCCCCCC/C=C\C/C=C\CCCCC)C1CCCCCCC/C=C\C/C=C\CCCCC. The second-order valence-electron chi connectivity index (χ2n) is 19.4. The Morgan fingerprint density at radius 2 is 0.603 bits per heavy atom. The molecule has 1 aliphatic rings. The highest BCUT2D eigenvalue weighted by Crippen LogP contribution is 2.36. The van der Waals surface area contributed by atoms with Gasteiger partial charge in [0.2, 0.25) is 0 Å². The van der Waals surface area contributed by atoms with Crippen molar-refractivity contribution in [2.24, 2.45) is 5.92 Å². The summed E-state index contributed by atoms with van der Waals surface area (Å²) in [4.78, 5) is 2.29. The summed E-state index contributed by atoms with van der Waals surface area (Å²) in [5.41, 5.74) is 0. The molecular formula is C60H109NO2. The number of allylic oxidation sites excluding steroid dienone is 12. The van der Waals surface area contributed by atoms with Crippen molar-refractivity contribution in [1.82, 2.24) is 4.90 Å². The molecule has 366 valence electrons. The maximum atomic E-state index is 6.92. The Labute approximate surface area is 395 Å². The molecule has 1 fully saturated rings. The number of unbranched alkanes of at least 4 members (excludes halogenated alkanes) is 25. The number of nitrogens with zero attached hydrogens (tertiary/aromatic N) is 1. The summed E-state index contributed by atoms with van der Waals surface area (Å²) >= 11 is 0. The standard InChI is InChI=1S/C60H109NO2/c1-6-9-12-15-18-21-24-27-30-33-36-39-42-45-48-51-54-59-57(52-49-46-43-40-37-34-31-28-25-22-19-16-13-10-7-2)58(62-60(63-59)55-56-61(4)5)53-50-47-44-41-38-35-32-29-26-23-20-17-14-11-8-3/h18-23,27-32,57-60H,6-17,24-26,33-56H2,1-5H3/b21-18-,22-19-,23-20-,30-27-,31-28-,32-29-. The highest BCUT2D eigenvalue weighted by molar-refractivity contribution is 4.94. The molecule has 1 heterocycles. The van der Waals surface area contributed by atoms with Gasteiger partial charge in [-0.25, -0.2) is 0 Å². The molecule has 0 radical (unpaired) electrons. The van der Waals surface area contributed by atoms with E-state index in [1.807, 2.05) is 0 Å². The van der Waals surface area contributed by atoms with Crippen LogP contribution >= 0.6 is 0 Å². The minimum absolute atomic E-state index is 0.0502. The number of ether oxygens (including phenoxy) is 2. The van der Waals surface area contributed by atoms with Crippen molar-refractivity contribution in [2.75, 3.05) is 20.6 Å². The van der Waals surface area contributed by atoms with Crippen LogP contribution in [0.5, 0.6) is 0 Å². The molecule has 1 rings (SSSR count). The van der Waals surface area contributed by atoms with E-state index in [4.69, 9.17) is 9.47 Å². The van der Waals surface area contributed by atoms with Crippen LogP contribution in [0.15, 0.2) is 72.9 Å². The van der Waals surface area contributed by atoms with Crippen LogP contribution in [-0.4, -0.2) is 44.0 Å². The molecule has 3 nitrogen and oxygen atoms in total. The fourth-order valence-corrected chi connectivity index (χ4v) is 8.98. The van der Waals surface area contributed by atoms with Crippen molar-refractivity contribution in [3.63, 3.8) is 0 Å². The molecule has 63 heavy (non-hydrogen) atoms. The van der Waals surface area contributed by atoms with E-state index in [2.05, 4.69) is 113 Å². The summed E-state index contributed by atoms with van der Waals surface area (Å²) < 4.78 is 13.8. The molecule has 4 unspecified atom stereocenters. The van der Waals surface area contributed by atoms with Crippen molar-refractivity contribution in [3.05, 3.63) is 72.9 Å². The van der Waals surface area contributed by atoms with Crippen LogP contribution < -0.4 is 0 Å². The van der Waals surface area contributed by atoms with Gasteiger partial charge < -0.3 is 14.4 Å². The third-order valence-corrected chi connectivity index (χ3v) is 13.0. The monoisotopic (exact) mass is 876 g/mol. The second-order valence-corrected chi connectivity index (χ2v) is 19.4. The minimum atomic E-state index is -0.0502. The Balaban J connectivity index is 2.59. The topological polar surface area (TPSA) is 21.7 Å². The lowest BCUT2D eigenvalue weighted by Crippen LogP contribution is -2.47. The highest BCUT2D eigenvalue weighted by Gasteiger charge is 2.38. The molecule has 4 atom stereocenters. The van der Waals surface area contributed by atoms with E-state index < -0.39 is 0 Å². The lowest BCUT2D eigenvalue weighted by atomic mass is 9.83.